The lowest BCUT2D eigenvalue weighted by Gasteiger charge is -2.10. The summed E-state index contributed by atoms with van der Waals surface area (Å²) in [5.41, 5.74) is 2.40. The first kappa shape index (κ1) is 9.99. The van der Waals surface area contributed by atoms with Crippen molar-refractivity contribution in [2.45, 2.75) is 13.8 Å². The first-order valence-electron chi connectivity index (χ1n) is 3.85. The standard InChI is InChI=1S/C10H12IO/c1-7-3-4-10(11)9(5-7)8(2)6-12/h3-5,12H,6H2,1-2H3. The molecule has 1 rings (SSSR count). The predicted octanol–water partition coefficient (Wildman–Crippen LogP) is 2.53. The van der Waals surface area contributed by atoms with Crippen LogP contribution in [0.4, 0.5) is 0 Å². The van der Waals surface area contributed by atoms with Gasteiger partial charge in [0.25, 0.3) is 0 Å². The fourth-order valence-electron chi connectivity index (χ4n) is 1.05. The molecule has 0 aliphatic heterocycles. The summed E-state index contributed by atoms with van der Waals surface area (Å²) in [4.78, 5) is 0. The number of rotatable bonds is 2. The number of aliphatic hydroxyl groups excluding tert-OH is 1. The highest BCUT2D eigenvalue weighted by Crippen LogP contribution is 2.21. The molecule has 0 aromatic heterocycles. The van der Waals surface area contributed by atoms with Gasteiger partial charge in [-0.15, -0.1) is 0 Å². The summed E-state index contributed by atoms with van der Waals surface area (Å²) in [6.45, 7) is 4.15. The van der Waals surface area contributed by atoms with Gasteiger partial charge in [-0.2, -0.15) is 0 Å². The summed E-state index contributed by atoms with van der Waals surface area (Å²) in [5.74, 6) is 1.03. The van der Waals surface area contributed by atoms with Crippen LogP contribution in [0, 0.1) is 16.4 Å². The zero-order chi connectivity index (χ0) is 9.14. The highest BCUT2D eigenvalue weighted by Gasteiger charge is 2.08. The lowest BCUT2D eigenvalue weighted by molar-refractivity contribution is 0.314. The number of hydrogen-bond acceptors (Lipinski definition) is 1. The highest BCUT2D eigenvalue weighted by atomic mass is 127. The molecular weight excluding hydrogens is 263 g/mol. The van der Waals surface area contributed by atoms with Crippen molar-refractivity contribution in [1.29, 1.82) is 0 Å². The van der Waals surface area contributed by atoms with Crippen molar-refractivity contribution in [3.05, 3.63) is 38.8 Å². The Morgan fingerprint density at radius 2 is 2.17 bits per heavy atom. The summed E-state index contributed by atoms with van der Waals surface area (Å²) in [6, 6.07) is 6.26. The maximum absolute atomic E-state index is 8.96. The van der Waals surface area contributed by atoms with Crippen LogP contribution in [0.3, 0.4) is 0 Å². The van der Waals surface area contributed by atoms with Gasteiger partial charge in [-0.1, -0.05) is 24.6 Å². The van der Waals surface area contributed by atoms with Gasteiger partial charge in [-0.05, 0) is 41.1 Å². The molecule has 0 amide bonds. The smallest absolute Gasteiger partial charge is 0.0535 e. The number of aliphatic hydroxyl groups is 1. The van der Waals surface area contributed by atoms with Crippen molar-refractivity contribution in [2.75, 3.05) is 6.61 Å². The average molecular weight is 275 g/mol. The third kappa shape index (κ3) is 2.20. The molecule has 0 heterocycles. The van der Waals surface area contributed by atoms with Crippen LogP contribution in [0.15, 0.2) is 18.2 Å². The molecule has 1 aromatic carbocycles. The number of hydrogen-bond donors (Lipinski definition) is 1. The van der Waals surface area contributed by atoms with Crippen LogP contribution in [-0.2, 0) is 0 Å². The van der Waals surface area contributed by atoms with E-state index in [9.17, 15) is 0 Å². The van der Waals surface area contributed by atoms with Gasteiger partial charge >= 0.3 is 0 Å². The van der Waals surface area contributed by atoms with E-state index in [2.05, 4.69) is 47.7 Å². The van der Waals surface area contributed by atoms with Crippen molar-refractivity contribution in [2.24, 2.45) is 0 Å². The van der Waals surface area contributed by atoms with Crippen LogP contribution in [0.1, 0.15) is 18.1 Å². The van der Waals surface area contributed by atoms with Gasteiger partial charge in [-0.25, -0.2) is 0 Å². The van der Waals surface area contributed by atoms with Gasteiger partial charge in [0.1, 0.15) is 0 Å². The molecule has 1 N–H and O–H groups in total. The monoisotopic (exact) mass is 275 g/mol. The van der Waals surface area contributed by atoms with E-state index >= 15 is 0 Å². The number of aryl methyl sites for hydroxylation is 1. The second-order valence-electron chi connectivity index (χ2n) is 2.92. The first-order chi connectivity index (χ1) is 5.65. The molecule has 0 aliphatic carbocycles. The third-order valence-electron chi connectivity index (χ3n) is 1.82. The number of halogens is 1. The van der Waals surface area contributed by atoms with Gasteiger partial charge in [0.05, 0.1) is 6.61 Å². The van der Waals surface area contributed by atoms with Crippen LogP contribution in [-0.4, -0.2) is 11.7 Å². The van der Waals surface area contributed by atoms with E-state index in [1.807, 2.05) is 6.92 Å². The quantitative estimate of drug-likeness (QED) is 0.822. The molecule has 0 saturated heterocycles. The topological polar surface area (TPSA) is 20.2 Å². The summed E-state index contributed by atoms with van der Waals surface area (Å²) in [5, 5.41) is 8.96. The normalized spacial score (nSPS) is 10.8. The molecule has 0 bridgehead atoms. The molecule has 1 nitrogen and oxygen atoms in total. The molecule has 0 aliphatic rings. The minimum Gasteiger partial charge on any atom is -0.395 e. The third-order valence-corrected chi connectivity index (χ3v) is 2.76. The van der Waals surface area contributed by atoms with Crippen LogP contribution < -0.4 is 0 Å². The Balaban J connectivity index is 3.04. The van der Waals surface area contributed by atoms with Crippen LogP contribution in [0.2, 0.25) is 0 Å². The summed E-state index contributed by atoms with van der Waals surface area (Å²) in [6.07, 6.45) is 0. The maximum atomic E-state index is 8.96. The van der Waals surface area contributed by atoms with E-state index in [-0.39, 0.29) is 6.61 Å². The maximum Gasteiger partial charge on any atom is 0.0535 e. The molecule has 0 fully saturated rings. The average Bonchev–Trinajstić information content (AvgIpc) is 2.08. The fourth-order valence-corrected chi connectivity index (χ4v) is 1.85. The van der Waals surface area contributed by atoms with Crippen LogP contribution >= 0.6 is 22.6 Å². The molecule has 12 heavy (non-hydrogen) atoms. The van der Waals surface area contributed by atoms with Crippen LogP contribution in [0.5, 0.6) is 0 Å². The predicted molar refractivity (Wildman–Crippen MR) is 59.0 cm³/mol. The van der Waals surface area contributed by atoms with Gasteiger partial charge in [0, 0.05) is 9.49 Å². The minimum atomic E-state index is 0.138. The van der Waals surface area contributed by atoms with Crippen molar-refractivity contribution in [3.63, 3.8) is 0 Å². The van der Waals surface area contributed by atoms with Gasteiger partial charge in [0.15, 0.2) is 0 Å². The number of benzene rings is 1. The van der Waals surface area contributed by atoms with Crippen molar-refractivity contribution < 1.29 is 5.11 Å². The lowest BCUT2D eigenvalue weighted by Crippen LogP contribution is -2.02. The molecule has 1 aromatic rings. The van der Waals surface area contributed by atoms with Crippen molar-refractivity contribution in [3.8, 4) is 0 Å². The Hall–Kier alpha value is -0.0900. The molecular formula is C10H12IO. The van der Waals surface area contributed by atoms with E-state index in [1.165, 1.54) is 9.13 Å². The fraction of sp³-hybridized carbons (Fsp3) is 0.300. The first-order valence-corrected chi connectivity index (χ1v) is 4.93. The van der Waals surface area contributed by atoms with Crippen molar-refractivity contribution >= 4 is 22.6 Å². The largest absolute Gasteiger partial charge is 0.395 e. The van der Waals surface area contributed by atoms with Crippen molar-refractivity contribution in [1.82, 2.24) is 0 Å². The Bertz CT molecular complexity index is 271. The van der Waals surface area contributed by atoms with E-state index in [0.29, 0.717) is 0 Å². The Labute approximate surface area is 86.9 Å². The van der Waals surface area contributed by atoms with E-state index in [0.717, 1.165) is 11.5 Å². The lowest BCUT2D eigenvalue weighted by atomic mass is 10.0. The molecule has 1 radical (unpaired) electrons. The molecule has 65 valence electrons. The second kappa shape index (κ2) is 4.23. The second-order valence-corrected chi connectivity index (χ2v) is 4.08. The van der Waals surface area contributed by atoms with Gasteiger partial charge < -0.3 is 5.11 Å². The Kier molecular flexibility index (Phi) is 3.53. The van der Waals surface area contributed by atoms with Gasteiger partial charge in [0.2, 0.25) is 0 Å². The highest BCUT2D eigenvalue weighted by molar-refractivity contribution is 14.1. The van der Waals surface area contributed by atoms with E-state index in [4.69, 9.17) is 5.11 Å². The molecule has 0 unspecified atom stereocenters. The summed E-state index contributed by atoms with van der Waals surface area (Å²) < 4.78 is 1.20. The zero-order valence-corrected chi connectivity index (χ0v) is 9.42. The molecule has 0 spiro atoms. The zero-order valence-electron chi connectivity index (χ0n) is 7.26. The van der Waals surface area contributed by atoms with Gasteiger partial charge in [-0.3, -0.25) is 0 Å². The minimum absolute atomic E-state index is 0.138. The molecule has 0 saturated carbocycles. The summed E-state index contributed by atoms with van der Waals surface area (Å²) in [7, 11) is 0. The summed E-state index contributed by atoms with van der Waals surface area (Å²) >= 11 is 2.28. The van der Waals surface area contributed by atoms with Crippen LogP contribution in [0.25, 0.3) is 0 Å². The Morgan fingerprint density at radius 1 is 1.50 bits per heavy atom. The van der Waals surface area contributed by atoms with E-state index < -0.39 is 0 Å². The molecule has 0 atom stereocenters. The van der Waals surface area contributed by atoms with E-state index in [1.54, 1.807) is 0 Å². The molecule has 2 heteroatoms. The SMILES string of the molecule is C[C](CO)c1cc(C)ccc1I. The Morgan fingerprint density at radius 3 is 2.75 bits per heavy atom.